The SMILES string of the molecule is C=CCOc1nc(N)c([N+](=O)[O-])c(N(Cc2ccc(OC)c(OCC=C)c2)C(=O)OCC)n1.CC. The molecule has 35 heavy (non-hydrogen) atoms. The third-order valence-corrected chi connectivity index (χ3v) is 4.05. The Morgan fingerprint density at radius 3 is 2.40 bits per heavy atom. The maximum atomic E-state index is 12.8. The number of nitrogen functional groups attached to an aromatic ring is 1. The number of rotatable bonds is 12. The number of ether oxygens (including phenoxy) is 4. The summed E-state index contributed by atoms with van der Waals surface area (Å²) >= 11 is 0. The number of carbonyl (C=O) groups excluding carboxylic acids is 1. The lowest BCUT2D eigenvalue weighted by molar-refractivity contribution is -0.383. The predicted octanol–water partition coefficient (Wildman–Crippen LogP) is 4.29. The van der Waals surface area contributed by atoms with E-state index in [-0.39, 0.29) is 38.2 Å². The quantitative estimate of drug-likeness (QED) is 0.259. The van der Waals surface area contributed by atoms with Gasteiger partial charge in [0.15, 0.2) is 11.5 Å². The highest BCUT2D eigenvalue weighted by Gasteiger charge is 2.32. The summed E-state index contributed by atoms with van der Waals surface area (Å²) in [7, 11) is 1.48. The summed E-state index contributed by atoms with van der Waals surface area (Å²) in [6, 6.07) is 4.67. The monoisotopic (exact) mass is 489 g/mol. The van der Waals surface area contributed by atoms with E-state index in [0.717, 1.165) is 4.90 Å². The van der Waals surface area contributed by atoms with Gasteiger partial charge in [-0.3, -0.25) is 15.0 Å². The number of benzene rings is 1. The van der Waals surface area contributed by atoms with Gasteiger partial charge in [-0.1, -0.05) is 45.2 Å². The Morgan fingerprint density at radius 1 is 1.17 bits per heavy atom. The van der Waals surface area contributed by atoms with Crippen molar-refractivity contribution < 1.29 is 28.7 Å². The Morgan fingerprint density at radius 2 is 1.83 bits per heavy atom. The predicted molar refractivity (Wildman–Crippen MR) is 132 cm³/mol. The lowest BCUT2D eigenvalue weighted by Gasteiger charge is -2.22. The van der Waals surface area contributed by atoms with Gasteiger partial charge in [0.25, 0.3) is 0 Å². The fraction of sp³-hybridized carbons (Fsp3) is 0.348. The minimum absolute atomic E-state index is 0.0264. The Kier molecular flexibility index (Phi) is 12.1. The van der Waals surface area contributed by atoms with Crippen molar-refractivity contribution >= 4 is 23.4 Å². The Bertz CT molecular complexity index is 1030. The fourth-order valence-corrected chi connectivity index (χ4v) is 2.69. The number of hydrogen-bond donors (Lipinski definition) is 1. The van der Waals surface area contributed by atoms with Gasteiger partial charge in [0, 0.05) is 0 Å². The van der Waals surface area contributed by atoms with Gasteiger partial charge in [-0.15, -0.1) is 0 Å². The van der Waals surface area contributed by atoms with Gasteiger partial charge in [0.2, 0.25) is 11.6 Å². The van der Waals surface area contributed by atoms with E-state index in [9.17, 15) is 14.9 Å². The molecule has 0 saturated heterocycles. The van der Waals surface area contributed by atoms with E-state index in [1.165, 1.54) is 13.2 Å². The first-order valence-electron chi connectivity index (χ1n) is 10.8. The van der Waals surface area contributed by atoms with Gasteiger partial charge in [0.1, 0.15) is 13.2 Å². The van der Waals surface area contributed by atoms with Gasteiger partial charge in [-0.05, 0) is 24.6 Å². The van der Waals surface area contributed by atoms with Crippen LogP contribution in [0.5, 0.6) is 17.5 Å². The molecule has 0 atom stereocenters. The van der Waals surface area contributed by atoms with Crippen LogP contribution in [-0.4, -0.2) is 47.9 Å². The zero-order valence-corrected chi connectivity index (χ0v) is 20.4. The van der Waals surface area contributed by atoms with E-state index in [2.05, 4.69) is 23.1 Å². The van der Waals surface area contributed by atoms with Gasteiger partial charge in [-0.2, -0.15) is 9.97 Å². The van der Waals surface area contributed by atoms with Crippen molar-refractivity contribution in [2.24, 2.45) is 0 Å². The minimum atomic E-state index is -0.877. The molecule has 1 aromatic heterocycles. The molecule has 1 aromatic carbocycles. The van der Waals surface area contributed by atoms with Crippen LogP contribution in [-0.2, 0) is 11.3 Å². The summed E-state index contributed by atoms with van der Waals surface area (Å²) in [5, 5.41) is 11.7. The Hall–Kier alpha value is -4.35. The molecule has 1 heterocycles. The second-order valence-corrected chi connectivity index (χ2v) is 6.29. The third-order valence-electron chi connectivity index (χ3n) is 4.05. The Labute approximate surface area is 204 Å². The van der Waals surface area contributed by atoms with Crippen LogP contribution in [0.4, 0.5) is 22.1 Å². The zero-order valence-electron chi connectivity index (χ0n) is 20.4. The number of carbonyl (C=O) groups is 1. The fourth-order valence-electron chi connectivity index (χ4n) is 2.69. The molecule has 0 aliphatic rings. The lowest BCUT2D eigenvalue weighted by atomic mass is 10.2. The van der Waals surface area contributed by atoms with Crippen LogP contribution in [0.25, 0.3) is 0 Å². The molecule has 0 aliphatic heterocycles. The summed E-state index contributed by atoms with van der Waals surface area (Å²) in [6.07, 6.45) is 2.12. The lowest BCUT2D eigenvalue weighted by Crippen LogP contribution is -2.33. The highest BCUT2D eigenvalue weighted by molar-refractivity contribution is 5.90. The van der Waals surface area contributed by atoms with Crippen LogP contribution < -0.4 is 24.8 Å². The molecule has 0 aliphatic carbocycles. The average Bonchev–Trinajstić information content (AvgIpc) is 2.85. The smallest absolute Gasteiger partial charge is 0.415 e. The second kappa shape index (κ2) is 14.7. The van der Waals surface area contributed by atoms with Gasteiger partial charge in [-0.25, -0.2) is 4.79 Å². The number of amides is 1. The number of nitrogens with zero attached hydrogens (tertiary/aromatic N) is 4. The maximum Gasteiger partial charge on any atom is 0.415 e. The van der Waals surface area contributed by atoms with Crippen LogP contribution in [0.1, 0.15) is 26.3 Å². The molecule has 0 radical (unpaired) electrons. The molecule has 0 unspecified atom stereocenters. The van der Waals surface area contributed by atoms with Gasteiger partial charge < -0.3 is 24.7 Å². The molecule has 0 fully saturated rings. The highest BCUT2D eigenvalue weighted by Crippen LogP contribution is 2.35. The molecule has 2 aromatic rings. The zero-order chi connectivity index (χ0) is 26.4. The number of methoxy groups -OCH3 is 1. The maximum absolute atomic E-state index is 12.8. The minimum Gasteiger partial charge on any atom is -0.493 e. The van der Waals surface area contributed by atoms with Crippen molar-refractivity contribution in [1.82, 2.24) is 9.97 Å². The first-order valence-corrected chi connectivity index (χ1v) is 10.8. The second-order valence-electron chi connectivity index (χ2n) is 6.29. The topological polar surface area (TPSA) is 152 Å². The van der Waals surface area contributed by atoms with E-state index >= 15 is 0 Å². The number of aromatic nitrogens is 2. The molecular weight excluding hydrogens is 458 g/mol. The molecule has 2 rings (SSSR count). The standard InChI is InChI=1S/C21H25N5O7.C2H6/c1-5-10-32-16-12-14(8-9-15(16)30-4)13-25(21(27)31-7-3)19-17(26(28)29)18(22)23-20(24-19)33-11-6-2;1-2/h5-6,8-9,12H,1-2,7,10-11,13H2,3-4H3,(H2,22,23,24);1-2H3. The van der Waals surface area contributed by atoms with E-state index < -0.39 is 22.5 Å². The van der Waals surface area contributed by atoms with Crippen LogP contribution in [0, 0.1) is 10.1 Å². The first kappa shape index (κ1) is 28.7. The summed E-state index contributed by atoms with van der Waals surface area (Å²) in [5.74, 6) is 0.00330. The van der Waals surface area contributed by atoms with Crippen LogP contribution in [0.15, 0.2) is 43.5 Å². The summed E-state index contributed by atoms with van der Waals surface area (Å²) in [5.41, 5.74) is 5.68. The van der Waals surface area contributed by atoms with E-state index in [1.54, 1.807) is 31.2 Å². The van der Waals surface area contributed by atoms with Crippen molar-refractivity contribution in [3.05, 3.63) is 59.2 Å². The summed E-state index contributed by atoms with van der Waals surface area (Å²) in [6.45, 7) is 12.8. The van der Waals surface area contributed by atoms with Crippen molar-refractivity contribution in [1.29, 1.82) is 0 Å². The average molecular weight is 490 g/mol. The van der Waals surface area contributed by atoms with E-state index in [0.29, 0.717) is 17.1 Å². The molecule has 190 valence electrons. The molecule has 0 spiro atoms. The van der Waals surface area contributed by atoms with Crippen LogP contribution in [0.2, 0.25) is 0 Å². The molecule has 1 amide bonds. The highest BCUT2D eigenvalue weighted by atomic mass is 16.6. The largest absolute Gasteiger partial charge is 0.493 e. The molecule has 12 heteroatoms. The van der Waals surface area contributed by atoms with Gasteiger partial charge >= 0.3 is 17.8 Å². The number of hydrogen-bond acceptors (Lipinski definition) is 10. The first-order chi connectivity index (χ1) is 16.9. The van der Waals surface area contributed by atoms with Crippen molar-refractivity contribution in [3.63, 3.8) is 0 Å². The van der Waals surface area contributed by atoms with Crippen LogP contribution in [0.3, 0.4) is 0 Å². The van der Waals surface area contributed by atoms with E-state index in [4.69, 9.17) is 24.7 Å². The third kappa shape index (κ3) is 7.88. The number of nitrogens with two attached hydrogens (primary N) is 1. The molecule has 0 saturated carbocycles. The molecule has 2 N–H and O–H groups in total. The van der Waals surface area contributed by atoms with E-state index in [1.807, 2.05) is 13.8 Å². The summed E-state index contributed by atoms with van der Waals surface area (Å²) < 4.78 is 21.3. The number of nitro groups is 1. The van der Waals surface area contributed by atoms with Crippen LogP contribution >= 0.6 is 0 Å². The van der Waals surface area contributed by atoms with Crippen molar-refractivity contribution in [2.75, 3.05) is 37.6 Å². The summed E-state index contributed by atoms with van der Waals surface area (Å²) in [4.78, 5) is 32.6. The Balaban J connectivity index is 0.00000298. The molecule has 12 nitrogen and oxygen atoms in total. The molecule has 0 bridgehead atoms. The van der Waals surface area contributed by atoms with Crippen molar-refractivity contribution in [2.45, 2.75) is 27.3 Å². The van der Waals surface area contributed by atoms with Crippen molar-refractivity contribution in [3.8, 4) is 17.5 Å². The normalized spacial score (nSPS) is 9.71. The number of anilines is 2. The molecular formula is C23H31N5O7. The van der Waals surface area contributed by atoms with Gasteiger partial charge in [0.05, 0.1) is 25.2 Å².